The number of carbonyl (C=O) groups excluding carboxylic acids is 1. The molecule has 2 heterocycles. The number of rotatable bonds is 6. The minimum absolute atomic E-state index is 0.0967. The maximum absolute atomic E-state index is 12.9. The molecule has 1 aromatic heterocycles. The Balaban J connectivity index is 1.34. The molecule has 1 aliphatic heterocycles. The van der Waals surface area contributed by atoms with Crippen molar-refractivity contribution in [2.24, 2.45) is 0 Å². The molecule has 4 rings (SSSR count). The van der Waals surface area contributed by atoms with Crippen LogP contribution in [0.25, 0.3) is 10.8 Å². The second-order valence-electron chi connectivity index (χ2n) is 8.35. The van der Waals surface area contributed by atoms with Crippen LogP contribution in [0, 0.1) is 0 Å². The van der Waals surface area contributed by atoms with Gasteiger partial charge in [-0.25, -0.2) is 0 Å². The number of fused-ring (bicyclic) bond motifs is 1. The van der Waals surface area contributed by atoms with Gasteiger partial charge in [0.25, 0.3) is 11.5 Å². The van der Waals surface area contributed by atoms with Crippen LogP contribution < -0.4 is 15.6 Å². The van der Waals surface area contributed by atoms with E-state index >= 15 is 0 Å². The van der Waals surface area contributed by atoms with Gasteiger partial charge < -0.3 is 20.1 Å². The van der Waals surface area contributed by atoms with Gasteiger partial charge in [-0.05, 0) is 50.1 Å². The van der Waals surface area contributed by atoms with Gasteiger partial charge in [0.15, 0.2) is 0 Å². The summed E-state index contributed by atoms with van der Waals surface area (Å²) in [7, 11) is 0. The summed E-state index contributed by atoms with van der Waals surface area (Å²) in [5, 5.41) is 15.2. The number of nitrogens with one attached hydrogen (secondary N) is 2. The van der Waals surface area contributed by atoms with Crippen LogP contribution in [0.2, 0.25) is 5.02 Å². The number of likely N-dealkylation sites (tertiary alicyclic amines) is 1. The SMILES string of the molecule is C[C@](O)(CN1CCC(Oc2ccc(Cl)cc2)CC1)NC(=O)c1c[nH]c(=O)c2ccccc12. The van der Waals surface area contributed by atoms with Crippen molar-refractivity contribution < 1.29 is 14.6 Å². The van der Waals surface area contributed by atoms with E-state index in [2.05, 4.69) is 15.2 Å². The highest BCUT2D eigenvalue weighted by atomic mass is 35.5. The molecule has 1 amide bonds. The maximum Gasteiger partial charge on any atom is 0.255 e. The summed E-state index contributed by atoms with van der Waals surface area (Å²) in [5.41, 5.74) is -1.37. The van der Waals surface area contributed by atoms with Crippen molar-refractivity contribution in [2.75, 3.05) is 19.6 Å². The zero-order valence-corrected chi connectivity index (χ0v) is 18.6. The van der Waals surface area contributed by atoms with Crippen molar-refractivity contribution in [2.45, 2.75) is 31.6 Å². The molecule has 0 radical (unpaired) electrons. The first-order valence-corrected chi connectivity index (χ1v) is 11.0. The Bertz CT molecular complexity index is 1150. The maximum atomic E-state index is 12.9. The number of H-pyrrole nitrogens is 1. The zero-order valence-electron chi connectivity index (χ0n) is 17.8. The monoisotopic (exact) mass is 455 g/mol. The van der Waals surface area contributed by atoms with Gasteiger partial charge in [-0.15, -0.1) is 0 Å². The highest BCUT2D eigenvalue weighted by Crippen LogP contribution is 2.22. The van der Waals surface area contributed by atoms with E-state index in [9.17, 15) is 14.7 Å². The van der Waals surface area contributed by atoms with Gasteiger partial charge in [0.05, 0.1) is 5.56 Å². The Labute approximate surface area is 191 Å². The number of ether oxygens (including phenoxy) is 1. The molecule has 1 atom stereocenters. The molecule has 3 N–H and O–H groups in total. The van der Waals surface area contributed by atoms with E-state index in [0.717, 1.165) is 31.7 Å². The zero-order chi connectivity index (χ0) is 22.7. The van der Waals surface area contributed by atoms with E-state index in [1.807, 2.05) is 12.1 Å². The van der Waals surface area contributed by atoms with E-state index in [0.29, 0.717) is 21.4 Å². The van der Waals surface area contributed by atoms with Gasteiger partial charge in [-0.1, -0.05) is 29.8 Å². The van der Waals surface area contributed by atoms with Crippen molar-refractivity contribution in [3.05, 3.63) is 75.7 Å². The van der Waals surface area contributed by atoms with Crippen molar-refractivity contribution in [3.63, 3.8) is 0 Å². The van der Waals surface area contributed by atoms with Crippen LogP contribution in [-0.4, -0.2) is 52.4 Å². The van der Waals surface area contributed by atoms with Gasteiger partial charge in [-0.2, -0.15) is 0 Å². The largest absolute Gasteiger partial charge is 0.490 e. The van der Waals surface area contributed by atoms with Crippen molar-refractivity contribution in [1.29, 1.82) is 0 Å². The normalized spacial score (nSPS) is 17.1. The predicted molar refractivity (Wildman–Crippen MR) is 124 cm³/mol. The molecule has 0 saturated carbocycles. The Morgan fingerprint density at radius 2 is 1.84 bits per heavy atom. The summed E-state index contributed by atoms with van der Waals surface area (Å²) in [5.74, 6) is 0.351. The Morgan fingerprint density at radius 1 is 1.19 bits per heavy atom. The molecular weight excluding hydrogens is 430 g/mol. The molecule has 7 nitrogen and oxygen atoms in total. The number of β-amino-alcohol motifs (C(OH)–C–C–N with tert-alkyl or cyclic N) is 1. The quantitative estimate of drug-likeness (QED) is 0.496. The first-order valence-electron chi connectivity index (χ1n) is 10.6. The summed E-state index contributed by atoms with van der Waals surface area (Å²) < 4.78 is 6.02. The summed E-state index contributed by atoms with van der Waals surface area (Å²) >= 11 is 5.91. The third kappa shape index (κ3) is 5.30. The van der Waals surface area contributed by atoms with Gasteiger partial charge in [-0.3, -0.25) is 14.5 Å². The molecule has 0 aliphatic carbocycles. The van der Waals surface area contributed by atoms with Crippen LogP contribution in [0.4, 0.5) is 0 Å². The molecule has 32 heavy (non-hydrogen) atoms. The summed E-state index contributed by atoms with van der Waals surface area (Å²) in [4.78, 5) is 29.6. The summed E-state index contributed by atoms with van der Waals surface area (Å²) in [6.07, 6.45) is 3.11. The third-order valence-corrected chi connectivity index (χ3v) is 5.87. The Morgan fingerprint density at radius 3 is 2.53 bits per heavy atom. The lowest BCUT2D eigenvalue weighted by Crippen LogP contribution is -2.55. The fourth-order valence-corrected chi connectivity index (χ4v) is 4.20. The fourth-order valence-electron chi connectivity index (χ4n) is 4.07. The molecular formula is C24H26ClN3O4. The van der Waals surface area contributed by atoms with Crippen LogP contribution >= 0.6 is 11.6 Å². The number of aromatic amines is 1. The van der Waals surface area contributed by atoms with Crippen molar-refractivity contribution in [3.8, 4) is 5.75 Å². The van der Waals surface area contributed by atoms with E-state index in [4.69, 9.17) is 16.3 Å². The lowest BCUT2D eigenvalue weighted by Gasteiger charge is -2.36. The average molecular weight is 456 g/mol. The minimum Gasteiger partial charge on any atom is -0.490 e. The van der Waals surface area contributed by atoms with Crippen LogP contribution in [0.3, 0.4) is 0 Å². The van der Waals surface area contributed by atoms with Gasteiger partial charge in [0.2, 0.25) is 0 Å². The van der Waals surface area contributed by atoms with Gasteiger partial charge in [0, 0.05) is 41.6 Å². The van der Waals surface area contributed by atoms with Gasteiger partial charge in [0.1, 0.15) is 17.6 Å². The second kappa shape index (κ2) is 9.32. The average Bonchev–Trinajstić information content (AvgIpc) is 2.76. The summed E-state index contributed by atoms with van der Waals surface area (Å²) in [6.45, 7) is 3.35. The molecule has 2 aromatic carbocycles. The number of hydrogen-bond acceptors (Lipinski definition) is 5. The minimum atomic E-state index is -1.43. The number of piperidine rings is 1. The van der Waals surface area contributed by atoms with Crippen molar-refractivity contribution >= 4 is 28.3 Å². The first-order chi connectivity index (χ1) is 15.3. The summed E-state index contributed by atoms with van der Waals surface area (Å²) in [6, 6.07) is 14.2. The number of pyridine rings is 1. The number of benzene rings is 2. The molecule has 3 aromatic rings. The molecule has 168 valence electrons. The number of aliphatic hydroxyl groups is 1. The Hall–Kier alpha value is -2.87. The van der Waals surface area contributed by atoms with Crippen LogP contribution in [0.15, 0.2) is 59.5 Å². The number of carbonyl (C=O) groups is 1. The van der Waals surface area contributed by atoms with Crippen LogP contribution in [0.5, 0.6) is 5.75 Å². The third-order valence-electron chi connectivity index (χ3n) is 5.62. The molecule has 0 spiro atoms. The Kier molecular flexibility index (Phi) is 6.50. The van der Waals surface area contributed by atoms with Gasteiger partial charge >= 0.3 is 0 Å². The number of nitrogens with zero attached hydrogens (tertiary/aromatic N) is 1. The number of halogens is 1. The lowest BCUT2D eigenvalue weighted by atomic mass is 10.0. The number of amides is 1. The second-order valence-corrected chi connectivity index (χ2v) is 8.79. The smallest absolute Gasteiger partial charge is 0.255 e. The van der Waals surface area contributed by atoms with Crippen LogP contribution in [0.1, 0.15) is 30.1 Å². The molecule has 0 unspecified atom stereocenters. The number of hydrogen-bond donors (Lipinski definition) is 3. The first kappa shape index (κ1) is 22.3. The van der Waals surface area contributed by atoms with E-state index in [1.165, 1.54) is 6.20 Å². The van der Waals surface area contributed by atoms with E-state index in [1.54, 1.807) is 43.3 Å². The van der Waals surface area contributed by atoms with E-state index in [-0.39, 0.29) is 18.2 Å². The van der Waals surface area contributed by atoms with Crippen molar-refractivity contribution in [1.82, 2.24) is 15.2 Å². The van der Waals surface area contributed by atoms with E-state index < -0.39 is 11.6 Å². The fraction of sp³-hybridized carbons (Fsp3) is 0.333. The molecule has 1 aliphatic rings. The molecule has 1 fully saturated rings. The highest BCUT2D eigenvalue weighted by Gasteiger charge is 2.30. The highest BCUT2D eigenvalue weighted by molar-refractivity contribution is 6.30. The predicted octanol–water partition coefficient (Wildman–Crippen LogP) is 3.16. The topological polar surface area (TPSA) is 94.7 Å². The standard InChI is InChI=1S/C24H26ClN3O4/c1-24(31,27-23(30)21-14-26-22(29)20-5-3-2-4-19(20)21)15-28-12-10-18(11-13-28)32-17-8-6-16(25)7-9-17/h2-9,14,18,31H,10-13,15H2,1H3,(H,26,29)(H,27,30)/t24-/m0/s1. The lowest BCUT2D eigenvalue weighted by molar-refractivity contribution is -0.0186. The molecule has 1 saturated heterocycles. The van der Waals surface area contributed by atoms with Crippen LogP contribution in [-0.2, 0) is 0 Å². The number of aromatic nitrogens is 1. The molecule has 0 bridgehead atoms. The molecule has 8 heteroatoms.